The fraction of sp³-hybridized carbons (Fsp3) is 0.562. The van der Waals surface area contributed by atoms with Crippen LogP contribution in [0.15, 0.2) is 18.2 Å². The Morgan fingerprint density at radius 3 is 2.75 bits per heavy atom. The minimum Gasteiger partial charge on any atom is -0.376 e. The van der Waals surface area contributed by atoms with E-state index in [1.807, 2.05) is 37.1 Å². The molecule has 1 N–H and O–H groups in total. The van der Waals surface area contributed by atoms with Gasteiger partial charge in [-0.2, -0.15) is 0 Å². The van der Waals surface area contributed by atoms with Gasteiger partial charge in [-0.05, 0) is 37.5 Å². The van der Waals surface area contributed by atoms with Crippen molar-refractivity contribution >= 4 is 23.2 Å². The van der Waals surface area contributed by atoms with Crippen molar-refractivity contribution in [2.75, 3.05) is 18.9 Å². The summed E-state index contributed by atoms with van der Waals surface area (Å²) in [6.45, 7) is 2.29. The number of hydrogen-bond acceptors (Lipinski definition) is 2. The standard InChI is InChI=1S/C16H23ClN2O/c1-12-14(17)9-6-10-15(12)18-11-16(20)19(2)13-7-4-3-5-8-13/h6,9-10,13,18H,3-5,7-8,11H2,1-2H3. The molecule has 1 amide bonds. The Hall–Kier alpha value is -1.22. The van der Waals surface area contributed by atoms with Gasteiger partial charge < -0.3 is 10.2 Å². The van der Waals surface area contributed by atoms with Crippen LogP contribution >= 0.6 is 11.6 Å². The van der Waals surface area contributed by atoms with Crippen molar-refractivity contribution in [1.29, 1.82) is 0 Å². The molecule has 1 aromatic rings. The van der Waals surface area contributed by atoms with Gasteiger partial charge >= 0.3 is 0 Å². The van der Waals surface area contributed by atoms with E-state index in [0.717, 1.165) is 29.1 Å². The van der Waals surface area contributed by atoms with Crippen LogP contribution in [0.4, 0.5) is 5.69 Å². The number of likely N-dealkylation sites (N-methyl/N-ethyl adjacent to an activating group) is 1. The van der Waals surface area contributed by atoms with E-state index in [1.165, 1.54) is 19.3 Å². The van der Waals surface area contributed by atoms with Gasteiger partial charge in [0.2, 0.25) is 5.91 Å². The number of nitrogens with zero attached hydrogens (tertiary/aromatic N) is 1. The SMILES string of the molecule is Cc1c(Cl)cccc1NCC(=O)N(C)C1CCCCC1. The number of nitrogens with one attached hydrogen (secondary N) is 1. The summed E-state index contributed by atoms with van der Waals surface area (Å²) in [7, 11) is 1.92. The summed E-state index contributed by atoms with van der Waals surface area (Å²) in [6, 6.07) is 6.12. The number of amides is 1. The molecule has 0 aliphatic heterocycles. The summed E-state index contributed by atoms with van der Waals surface area (Å²) in [5.74, 6) is 0.149. The van der Waals surface area contributed by atoms with Crippen molar-refractivity contribution in [3.63, 3.8) is 0 Å². The van der Waals surface area contributed by atoms with Gasteiger partial charge in [0, 0.05) is 23.8 Å². The number of hydrogen-bond donors (Lipinski definition) is 1. The third-order valence-corrected chi connectivity index (χ3v) is 4.62. The first-order chi connectivity index (χ1) is 9.59. The summed E-state index contributed by atoms with van der Waals surface area (Å²) in [5.41, 5.74) is 1.92. The van der Waals surface area contributed by atoms with Crippen molar-refractivity contribution in [2.45, 2.75) is 45.1 Å². The molecule has 0 atom stereocenters. The lowest BCUT2D eigenvalue weighted by molar-refractivity contribution is -0.130. The Morgan fingerprint density at radius 2 is 2.05 bits per heavy atom. The van der Waals surface area contributed by atoms with E-state index < -0.39 is 0 Å². The summed E-state index contributed by atoms with van der Waals surface area (Å²) >= 11 is 6.08. The molecule has 0 saturated heterocycles. The van der Waals surface area contributed by atoms with Gasteiger partial charge in [-0.25, -0.2) is 0 Å². The largest absolute Gasteiger partial charge is 0.376 e. The lowest BCUT2D eigenvalue weighted by Gasteiger charge is -2.31. The highest BCUT2D eigenvalue weighted by molar-refractivity contribution is 6.31. The molecule has 0 heterocycles. The fourth-order valence-electron chi connectivity index (χ4n) is 2.77. The average molecular weight is 295 g/mol. The van der Waals surface area contributed by atoms with Crippen LogP contribution in [-0.4, -0.2) is 30.4 Å². The topological polar surface area (TPSA) is 32.3 Å². The predicted octanol–water partition coefficient (Wildman–Crippen LogP) is 3.85. The molecule has 110 valence electrons. The van der Waals surface area contributed by atoms with Gasteiger partial charge in [-0.3, -0.25) is 4.79 Å². The smallest absolute Gasteiger partial charge is 0.241 e. The van der Waals surface area contributed by atoms with Crippen LogP contribution in [-0.2, 0) is 4.79 Å². The van der Waals surface area contributed by atoms with Gasteiger partial charge in [-0.1, -0.05) is 36.9 Å². The Bertz CT molecular complexity index is 470. The molecule has 1 fully saturated rings. The summed E-state index contributed by atoms with van der Waals surface area (Å²) < 4.78 is 0. The van der Waals surface area contributed by atoms with Crippen LogP contribution < -0.4 is 5.32 Å². The van der Waals surface area contributed by atoms with E-state index in [1.54, 1.807) is 0 Å². The Kier molecular flexibility index (Phi) is 5.30. The highest BCUT2D eigenvalue weighted by Crippen LogP contribution is 2.24. The van der Waals surface area contributed by atoms with Crippen LogP contribution in [0.5, 0.6) is 0 Å². The zero-order valence-electron chi connectivity index (χ0n) is 12.3. The van der Waals surface area contributed by atoms with E-state index in [2.05, 4.69) is 5.32 Å². The highest BCUT2D eigenvalue weighted by atomic mass is 35.5. The molecular formula is C16H23ClN2O. The summed E-state index contributed by atoms with van der Waals surface area (Å²) in [6.07, 6.45) is 6.06. The van der Waals surface area contributed by atoms with Crippen LogP contribution in [0.2, 0.25) is 5.02 Å². The number of halogens is 1. The highest BCUT2D eigenvalue weighted by Gasteiger charge is 2.21. The molecule has 0 bridgehead atoms. The first-order valence-corrected chi connectivity index (χ1v) is 7.72. The maximum atomic E-state index is 12.2. The molecule has 0 unspecified atom stereocenters. The second kappa shape index (κ2) is 6.98. The molecule has 1 aliphatic carbocycles. The van der Waals surface area contributed by atoms with Crippen LogP contribution in [0.1, 0.15) is 37.7 Å². The zero-order valence-corrected chi connectivity index (χ0v) is 13.0. The summed E-state index contributed by atoms with van der Waals surface area (Å²) in [5, 5.41) is 3.92. The van der Waals surface area contributed by atoms with Crippen LogP contribution in [0, 0.1) is 6.92 Å². The minimum absolute atomic E-state index is 0.149. The average Bonchev–Trinajstić information content (AvgIpc) is 2.48. The van der Waals surface area contributed by atoms with Crippen molar-refractivity contribution in [1.82, 2.24) is 4.90 Å². The molecule has 3 nitrogen and oxygen atoms in total. The quantitative estimate of drug-likeness (QED) is 0.915. The van der Waals surface area contributed by atoms with Crippen molar-refractivity contribution in [2.24, 2.45) is 0 Å². The number of rotatable bonds is 4. The number of carbonyl (C=O) groups is 1. The molecule has 1 aromatic carbocycles. The summed E-state index contributed by atoms with van der Waals surface area (Å²) in [4.78, 5) is 14.2. The van der Waals surface area contributed by atoms with Gasteiger partial charge in [0.25, 0.3) is 0 Å². The molecule has 0 aromatic heterocycles. The number of carbonyl (C=O) groups excluding carboxylic acids is 1. The third-order valence-electron chi connectivity index (χ3n) is 4.21. The van der Waals surface area contributed by atoms with Crippen LogP contribution in [0.25, 0.3) is 0 Å². The maximum Gasteiger partial charge on any atom is 0.241 e. The molecule has 4 heteroatoms. The Morgan fingerprint density at radius 1 is 1.35 bits per heavy atom. The second-order valence-corrected chi connectivity index (χ2v) is 5.97. The van der Waals surface area contributed by atoms with E-state index in [0.29, 0.717) is 12.6 Å². The zero-order chi connectivity index (χ0) is 14.5. The molecule has 0 spiro atoms. The second-order valence-electron chi connectivity index (χ2n) is 5.56. The van der Waals surface area contributed by atoms with Crippen LogP contribution in [0.3, 0.4) is 0 Å². The Labute approximate surface area is 126 Å². The van der Waals surface area contributed by atoms with E-state index in [-0.39, 0.29) is 5.91 Å². The van der Waals surface area contributed by atoms with E-state index >= 15 is 0 Å². The third kappa shape index (κ3) is 3.66. The Balaban J connectivity index is 1.89. The fourth-order valence-corrected chi connectivity index (χ4v) is 2.94. The lowest BCUT2D eigenvalue weighted by atomic mass is 9.94. The lowest BCUT2D eigenvalue weighted by Crippen LogP contribution is -2.41. The van der Waals surface area contributed by atoms with Gasteiger partial charge in [0.1, 0.15) is 0 Å². The number of anilines is 1. The molecule has 1 saturated carbocycles. The molecule has 2 rings (SSSR count). The maximum absolute atomic E-state index is 12.2. The molecular weight excluding hydrogens is 272 g/mol. The normalized spacial score (nSPS) is 15.9. The van der Waals surface area contributed by atoms with E-state index in [4.69, 9.17) is 11.6 Å². The van der Waals surface area contributed by atoms with Crippen molar-refractivity contribution in [3.05, 3.63) is 28.8 Å². The monoisotopic (exact) mass is 294 g/mol. The van der Waals surface area contributed by atoms with Crippen molar-refractivity contribution in [3.8, 4) is 0 Å². The van der Waals surface area contributed by atoms with Gasteiger partial charge in [-0.15, -0.1) is 0 Å². The number of benzene rings is 1. The first-order valence-electron chi connectivity index (χ1n) is 7.34. The minimum atomic E-state index is 0.149. The van der Waals surface area contributed by atoms with Gasteiger partial charge in [0.15, 0.2) is 0 Å². The van der Waals surface area contributed by atoms with Crippen molar-refractivity contribution < 1.29 is 4.79 Å². The first kappa shape index (κ1) is 15.2. The van der Waals surface area contributed by atoms with Gasteiger partial charge in [0.05, 0.1) is 6.54 Å². The predicted molar refractivity (Wildman–Crippen MR) is 84.3 cm³/mol. The molecule has 20 heavy (non-hydrogen) atoms. The molecule has 0 radical (unpaired) electrons. The molecule has 1 aliphatic rings. The van der Waals surface area contributed by atoms with E-state index in [9.17, 15) is 4.79 Å².